The number of para-hydroxylation sites is 1. The summed E-state index contributed by atoms with van der Waals surface area (Å²) in [4.78, 5) is 0. The van der Waals surface area contributed by atoms with Gasteiger partial charge in [0.05, 0.1) is 0 Å². The number of rotatable bonds is 5. The number of hydrogen-bond acceptors (Lipinski definition) is 2. The summed E-state index contributed by atoms with van der Waals surface area (Å²) >= 11 is 0. The van der Waals surface area contributed by atoms with Crippen molar-refractivity contribution in [1.29, 1.82) is 0 Å². The molecule has 0 aliphatic heterocycles. The molecule has 0 aliphatic carbocycles. The van der Waals surface area contributed by atoms with Crippen LogP contribution in [-0.4, -0.2) is 4.57 Å². The predicted molar refractivity (Wildman–Crippen MR) is 86.3 cm³/mol. The molecule has 0 radical (unpaired) electrons. The molecule has 0 bridgehead atoms. The van der Waals surface area contributed by atoms with Crippen molar-refractivity contribution in [2.75, 3.05) is 0 Å². The standard InChI is InChI=1S/C18H20N2O/c1-2-20-12-15(13-21-16-6-4-3-5-7-16)17-10-14(11-19)8-9-18(17)20/h3-10,12H,2,11,13,19H2,1H3. The molecular weight excluding hydrogens is 260 g/mol. The number of fused-ring (bicyclic) bond motifs is 1. The van der Waals surface area contributed by atoms with E-state index in [-0.39, 0.29) is 0 Å². The number of aryl methyl sites for hydroxylation is 1. The first kappa shape index (κ1) is 13.7. The van der Waals surface area contributed by atoms with Crippen LogP contribution in [0.1, 0.15) is 18.1 Å². The molecule has 2 aromatic carbocycles. The lowest BCUT2D eigenvalue weighted by atomic mass is 10.1. The van der Waals surface area contributed by atoms with E-state index in [1.165, 1.54) is 16.5 Å². The number of aromatic nitrogens is 1. The minimum Gasteiger partial charge on any atom is -0.489 e. The summed E-state index contributed by atoms with van der Waals surface area (Å²) in [5, 5.41) is 1.23. The maximum absolute atomic E-state index is 5.89. The van der Waals surface area contributed by atoms with Gasteiger partial charge < -0.3 is 15.0 Å². The maximum atomic E-state index is 5.89. The highest BCUT2D eigenvalue weighted by Crippen LogP contribution is 2.24. The van der Waals surface area contributed by atoms with Gasteiger partial charge in [0, 0.05) is 35.8 Å². The van der Waals surface area contributed by atoms with Gasteiger partial charge in [-0.3, -0.25) is 0 Å². The Balaban J connectivity index is 1.93. The third kappa shape index (κ3) is 2.78. The molecule has 0 aliphatic rings. The van der Waals surface area contributed by atoms with Gasteiger partial charge in [-0.1, -0.05) is 24.3 Å². The van der Waals surface area contributed by atoms with Crippen LogP contribution in [0.3, 0.4) is 0 Å². The zero-order valence-corrected chi connectivity index (χ0v) is 12.3. The minimum atomic E-state index is 0.562. The van der Waals surface area contributed by atoms with Gasteiger partial charge in [-0.25, -0.2) is 0 Å². The Kier molecular flexibility index (Phi) is 3.93. The summed E-state index contributed by atoms with van der Waals surface area (Å²) in [7, 11) is 0. The lowest BCUT2D eigenvalue weighted by molar-refractivity contribution is 0.307. The molecule has 3 nitrogen and oxygen atoms in total. The fraction of sp³-hybridized carbons (Fsp3) is 0.222. The minimum absolute atomic E-state index is 0.562. The lowest BCUT2D eigenvalue weighted by Gasteiger charge is -2.05. The fourth-order valence-corrected chi connectivity index (χ4v) is 2.60. The van der Waals surface area contributed by atoms with Crippen LogP contribution in [0.5, 0.6) is 5.75 Å². The first-order valence-corrected chi connectivity index (χ1v) is 7.30. The van der Waals surface area contributed by atoms with Crippen molar-refractivity contribution in [3.05, 3.63) is 65.9 Å². The number of benzene rings is 2. The van der Waals surface area contributed by atoms with E-state index in [9.17, 15) is 0 Å². The second kappa shape index (κ2) is 6.02. The first-order valence-electron chi connectivity index (χ1n) is 7.30. The molecule has 108 valence electrons. The van der Waals surface area contributed by atoms with Crippen LogP contribution in [0, 0.1) is 0 Å². The molecule has 0 fully saturated rings. The van der Waals surface area contributed by atoms with Gasteiger partial charge in [-0.05, 0) is 36.8 Å². The van der Waals surface area contributed by atoms with Crippen molar-refractivity contribution in [3.8, 4) is 5.75 Å². The van der Waals surface area contributed by atoms with E-state index in [4.69, 9.17) is 10.5 Å². The Morgan fingerprint density at radius 1 is 1.10 bits per heavy atom. The predicted octanol–water partition coefficient (Wildman–Crippen LogP) is 3.70. The van der Waals surface area contributed by atoms with Crippen LogP contribution in [0.4, 0.5) is 0 Å². The fourth-order valence-electron chi connectivity index (χ4n) is 2.60. The molecule has 0 amide bonds. The van der Waals surface area contributed by atoms with E-state index < -0.39 is 0 Å². The van der Waals surface area contributed by atoms with E-state index in [0.717, 1.165) is 17.9 Å². The normalized spacial score (nSPS) is 11.0. The average molecular weight is 280 g/mol. The van der Waals surface area contributed by atoms with Gasteiger partial charge in [-0.2, -0.15) is 0 Å². The maximum Gasteiger partial charge on any atom is 0.119 e. The van der Waals surface area contributed by atoms with Crippen LogP contribution < -0.4 is 10.5 Å². The van der Waals surface area contributed by atoms with Crippen LogP contribution in [-0.2, 0) is 19.7 Å². The molecule has 1 heterocycles. The quantitative estimate of drug-likeness (QED) is 0.774. The lowest BCUT2D eigenvalue weighted by Crippen LogP contribution is -1.97. The second-order valence-corrected chi connectivity index (χ2v) is 5.10. The van der Waals surface area contributed by atoms with Crippen molar-refractivity contribution >= 4 is 10.9 Å². The van der Waals surface area contributed by atoms with E-state index >= 15 is 0 Å². The van der Waals surface area contributed by atoms with Crippen molar-refractivity contribution in [2.24, 2.45) is 5.73 Å². The smallest absolute Gasteiger partial charge is 0.119 e. The van der Waals surface area contributed by atoms with Crippen molar-refractivity contribution in [2.45, 2.75) is 26.6 Å². The zero-order valence-electron chi connectivity index (χ0n) is 12.3. The van der Waals surface area contributed by atoms with Crippen LogP contribution >= 0.6 is 0 Å². The number of ether oxygens (including phenoxy) is 1. The Labute approximate surface area is 125 Å². The molecule has 3 rings (SSSR count). The highest BCUT2D eigenvalue weighted by atomic mass is 16.5. The molecule has 3 aromatic rings. The largest absolute Gasteiger partial charge is 0.489 e. The summed E-state index contributed by atoms with van der Waals surface area (Å²) in [5.74, 6) is 0.893. The molecule has 0 spiro atoms. The first-order chi connectivity index (χ1) is 10.3. The Morgan fingerprint density at radius 2 is 1.90 bits per heavy atom. The van der Waals surface area contributed by atoms with Crippen molar-refractivity contribution < 1.29 is 4.74 Å². The van der Waals surface area contributed by atoms with E-state index in [2.05, 4.69) is 35.9 Å². The summed E-state index contributed by atoms with van der Waals surface area (Å²) in [6.45, 7) is 4.23. The van der Waals surface area contributed by atoms with Gasteiger partial charge >= 0.3 is 0 Å². The molecule has 0 saturated carbocycles. The van der Waals surface area contributed by atoms with Gasteiger partial charge in [0.2, 0.25) is 0 Å². The molecule has 0 atom stereocenters. The van der Waals surface area contributed by atoms with Crippen LogP contribution in [0.15, 0.2) is 54.7 Å². The average Bonchev–Trinajstić information content (AvgIpc) is 2.91. The Bertz CT molecular complexity index is 732. The third-order valence-electron chi connectivity index (χ3n) is 3.74. The second-order valence-electron chi connectivity index (χ2n) is 5.10. The zero-order chi connectivity index (χ0) is 14.7. The SMILES string of the molecule is CCn1cc(COc2ccccc2)c2cc(CN)ccc21. The molecule has 21 heavy (non-hydrogen) atoms. The van der Waals surface area contributed by atoms with Crippen LogP contribution in [0.2, 0.25) is 0 Å². The molecule has 2 N–H and O–H groups in total. The monoisotopic (exact) mass is 280 g/mol. The van der Waals surface area contributed by atoms with Gasteiger partial charge in [0.1, 0.15) is 12.4 Å². The summed E-state index contributed by atoms with van der Waals surface area (Å²) in [6, 6.07) is 16.3. The number of nitrogens with two attached hydrogens (primary N) is 1. The molecular formula is C18H20N2O. The van der Waals surface area contributed by atoms with E-state index in [1.54, 1.807) is 0 Å². The van der Waals surface area contributed by atoms with Gasteiger partial charge in [0.15, 0.2) is 0 Å². The van der Waals surface area contributed by atoms with Gasteiger partial charge in [0.25, 0.3) is 0 Å². The summed E-state index contributed by atoms with van der Waals surface area (Å²) in [5.41, 5.74) is 9.34. The summed E-state index contributed by atoms with van der Waals surface area (Å²) in [6.07, 6.45) is 2.17. The van der Waals surface area contributed by atoms with Crippen molar-refractivity contribution in [1.82, 2.24) is 4.57 Å². The topological polar surface area (TPSA) is 40.2 Å². The number of nitrogens with zero attached hydrogens (tertiary/aromatic N) is 1. The highest BCUT2D eigenvalue weighted by molar-refractivity contribution is 5.84. The Morgan fingerprint density at radius 3 is 2.62 bits per heavy atom. The molecule has 0 saturated heterocycles. The van der Waals surface area contributed by atoms with Crippen molar-refractivity contribution in [3.63, 3.8) is 0 Å². The van der Waals surface area contributed by atoms with E-state index in [1.807, 2.05) is 30.3 Å². The molecule has 0 unspecified atom stereocenters. The molecule has 3 heteroatoms. The third-order valence-corrected chi connectivity index (χ3v) is 3.74. The van der Waals surface area contributed by atoms with Gasteiger partial charge in [-0.15, -0.1) is 0 Å². The number of hydrogen-bond donors (Lipinski definition) is 1. The highest BCUT2D eigenvalue weighted by Gasteiger charge is 2.09. The van der Waals surface area contributed by atoms with Crippen LogP contribution in [0.25, 0.3) is 10.9 Å². The van der Waals surface area contributed by atoms with E-state index in [0.29, 0.717) is 13.2 Å². The summed E-state index contributed by atoms with van der Waals surface area (Å²) < 4.78 is 8.14. The molecule has 1 aromatic heterocycles. The Hall–Kier alpha value is -2.26.